The molecule has 0 N–H and O–H groups in total. The molecule has 0 saturated heterocycles. The summed E-state index contributed by atoms with van der Waals surface area (Å²) in [5.41, 5.74) is 2.23. The normalized spacial score (nSPS) is 10.9. The molecule has 0 fully saturated rings. The zero-order valence-corrected chi connectivity index (χ0v) is 12.1. The second kappa shape index (κ2) is 4.92. The van der Waals surface area contributed by atoms with Gasteiger partial charge in [0.2, 0.25) is 0 Å². The number of benzene rings is 1. The van der Waals surface area contributed by atoms with Gasteiger partial charge < -0.3 is 0 Å². The molecule has 2 nitrogen and oxygen atoms in total. The number of aromatic nitrogens is 2. The number of rotatable bonds is 2. The van der Waals surface area contributed by atoms with Crippen molar-refractivity contribution < 1.29 is 0 Å². The van der Waals surface area contributed by atoms with E-state index in [1.165, 1.54) is 5.56 Å². The van der Waals surface area contributed by atoms with Crippen LogP contribution in [-0.2, 0) is 7.05 Å². The summed E-state index contributed by atoms with van der Waals surface area (Å²) in [5.74, 6) is 0. The van der Waals surface area contributed by atoms with Crippen molar-refractivity contribution in [2.45, 2.75) is 23.8 Å². The molecule has 5 heteroatoms. The van der Waals surface area contributed by atoms with E-state index >= 15 is 0 Å². The molecule has 0 atom stereocenters. The first-order chi connectivity index (χ1) is 7.99. The smallest absolute Gasteiger partial charge is 0.102 e. The zero-order chi connectivity index (χ0) is 12.6. The maximum atomic E-state index is 6.16. The molecule has 1 aromatic carbocycles. The van der Waals surface area contributed by atoms with Crippen molar-refractivity contribution in [2.75, 3.05) is 0 Å². The quantitative estimate of drug-likeness (QED) is 0.809. The van der Waals surface area contributed by atoms with Gasteiger partial charge in [-0.3, -0.25) is 4.68 Å². The number of aryl methyl sites for hydroxylation is 2. The third-order valence-electron chi connectivity index (χ3n) is 2.56. The van der Waals surface area contributed by atoms with Crippen molar-refractivity contribution in [3.63, 3.8) is 0 Å². The fourth-order valence-corrected chi connectivity index (χ4v) is 3.05. The second-order valence-electron chi connectivity index (χ2n) is 3.82. The highest BCUT2D eigenvalue weighted by Gasteiger charge is 2.12. The summed E-state index contributed by atoms with van der Waals surface area (Å²) in [4.78, 5) is 0.988. The van der Waals surface area contributed by atoms with Gasteiger partial charge in [-0.1, -0.05) is 35.0 Å². The molecule has 1 aromatic heterocycles. The molecule has 0 aliphatic carbocycles. The zero-order valence-electron chi connectivity index (χ0n) is 9.79. The molecule has 0 spiro atoms. The van der Waals surface area contributed by atoms with E-state index in [2.05, 4.69) is 12.0 Å². The Labute approximate surface area is 115 Å². The lowest BCUT2D eigenvalue weighted by Crippen LogP contribution is -1.92. The molecule has 0 amide bonds. The summed E-state index contributed by atoms with van der Waals surface area (Å²) in [6.07, 6.45) is 0. The molecule has 2 rings (SSSR count). The number of halogens is 2. The van der Waals surface area contributed by atoms with Gasteiger partial charge in [0.1, 0.15) is 5.03 Å². The predicted molar refractivity (Wildman–Crippen MR) is 73.3 cm³/mol. The number of hydrogen-bond acceptors (Lipinski definition) is 2. The molecule has 2 aromatic rings. The fraction of sp³-hybridized carbons (Fsp3) is 0.250. The monoisotopic (exact) mass is 286 g/mol. The van der Waals surface area contributed by atoms with Gasteiger partial charge in [-0.15, -0.1) is 0 Å². The van der Waals surface area contributed by atoms with Gasteiger partial charge in [0.15, 0.2) is 0 Å². The number of nitrogens with zero attached hydrogens (tertiary/aromatic N) is 2. The molecule has 17 heavy (non-hydrogen) atoms. The van der Waals surface area contributed by atoms with Gasteiger partial charge in [0.05, 0.1) is 10.7 Å². The van der Waals surface area contributed by atoms with Crippen LogP contribution in [0, 0.1) is 13.8 Å². The van der Waals surface area contributed by atoms with Gasteiger partial charge in [-0.05, 0) is 32.0 Å². The average Bonchev–Trinajstić information content (AvgIpc) is 2.48. The lowest BCUT2D eigenvalue weighted by atomic mass is 10.3. The largest absolute Gasteiger partial charge is 0.261 e. The molecular formula is C12H12Cl2N2S. The van der Waals surface area contributed by atoms with Crippen LogP contribution in [0.5, 0.6) is 0 Å². The van der Waals surface area contributed by atoms with Crippen LogP contribution in [0.1, 0.15) is 11.3 Å². The SMILES string of the molecule is Cc1nn(C)c(Sc2ccc(Cl)cc2Cl)c1C. The molecule has 0 saturated carbocycles. The van der Waals surface area contributed by atoms with Crippen LogP contribution < -0.4 is 0 Å². The number of hydrogen-bond donors (Lipinski definition) is 0. The lowest BCUT2D eigenvalue weighted by molar-refractivity contribution is 0.690. The van der Waals surface area contributed by atoms with Crippen LogP contribution >= 0.6 is 35.0 Å². The Morgan fingerprint density at radius 2 is 1.94 bits per heavy atom. The van der Waals surface area contributed by atoms with Crippen molar-refractivity contribution in [3.8, 4) is 0 Å². The van der Waals surface area contributed by atoms with E-state index in [0.717, 1.165) is 15.6 Å². The summed E-state index contributed by atoms with van der Waals surface area (Å²) >= 11 is 13.6. The average molecular weight is 287 g/mol. The van der Waals surface area contributed by atoms with E-state index < -0.39 is 0 Å². The Balaban J connectivity index is 2.38. The van der Waals surface area contributed by atoms with Gasteiger partial charge >= 0.3 is 0 Å². The second-order valence-corrected chi connectivity index (χ2v) is 5.69. The predicted octanol–water partition coefficient (Wildman–Crippen LogP) is 4.49. The molecule has 0 bridgehead atoms. The van der Waals surface area contributed by atoms with Crippen molar-refractivity contribution in [1.29, 1.82) is 0 Å². The van der Waals surface area contributed by atoms with Crippen molar-refractivity contribution >= 4 is 35.0 Å². The Hall–Kier alpha value is -0.640. The Bertz CT molecular complexity index is 564. The minimum Gasteiger partial charge on any atom is -0.261 e. The highest BCUT2D eigenvalue weighted by Crippen LogP contribution is 2.36. The van der Waals surface area contributed by atoms with E-state index in [9.17, 15) is 0 Å². The van der Waals surface area contributed by atoms with E-state index in [-0.39, 0.29) is 0 Å². The first kappa shape index (κ1) is 12.8. The lowest BCUT2D eigenvalue weighted by Gasteiger charge is -2.06. The van der Waals surface area contributed by atoms with E-state index in [0.29, 0.717) is 10.0 Å². The standard InChI is InChI=1S/C12H12Cl2N2S/c1-7-8(2)15-16(3)12(7)17-11-5-4-9(13)6-10(11)14/h4-6H,1-3H3. The summed E-state index contributed by atoms with van der Waals surface area (Å²) in [6.45, 7) is 4.07. The van der Waals surface area contributed by atoms with Crippen molar-refractivity contribution in [1.82, 2.24) is 9.78 Å². The van der Waals surface area contributed by atoms with Crippen LogP contribution in [0.4, 0.5) is 0 Å². The molecule has 90 valence electrons. The first-order valence-corrected chi connectivity index (χ1v) is 6.69. The molecular weight excluding hydrogens is 275 g/mol. The van der Waals surface area contributed by atoms with Crippen LogP contribution in [0.15, 0.2) is 28.1 Å². The van der Waals surface area contributed by atoms with Gasteiger partial charge in [0, 0.05) is 22.5 Å². The molecule has 0 radical (unpaired) electrons. The Morgan fingerprint density at radius 1 is 1.24 bits per heavy atom. The minimum atomic E-state index is 0.650. The Kier molecular flexibility index (Phi) is 3.71. The molecule has 0 unspecified atom stereocenters. The van der Waals surface area contributed by atoms with E-state index in [1.54, 1.807) is 17.8 Å². The van der Waals surface area contributed by atoms with Gasteiger partial charge in [0.25, 0.3) is 0 Å². The van der Waals surface area contributed by atoms with Crippen LogP contribution in [0.25, 0.3) is 0 Å². The minimum absolute atomic E-state index is 0.650. The van der Waals surface area contributed by atoms with Crippen molar-refractivity contribution in [2.24, 2.45) is 7.05 Å². The molecule has 0 aliphatic rings. The molecule has 0 aliphatic heterocycles. The summed E-state index contributed by atoms with van der Waals surface area (Å²) in [6, 6.07) is 5.52. The van der Waals surface area contributed by atoms with E-state index in [1.807, 2.05) is 30.8 Å². The van der Waals surface area contributed by atoms with E-state index in [4.69, 9.17) is 23.2 Å². The Morgan fingerprint density at radius 3 is 2.47 bits per heavy atom. The molecule has 1 heterocycles. The third kappa shape index (κ3) is 2.62. The maximum absolute atomic E-state index is 6.16. The van der Waals surface area contributed by atoms with Crippen molar-refractivity contribution in [3.05, 3.63) is 39.5 Å². The summed E-state index contributed by atoms with van der Waals surface area (Å²) in [7, 11) is 1.94. The van der Waals surface area contributed by atoms with Gasteiger partial charge in [-0.25, -0.2) is 0 Å². The van der Waals surface area contributed by atoms with Crippen LogP contribution in [-0.4, -0.2) is 9.78 Å². The van der Waals surface area contributed by atoms with Crippen LogP contribution in [0.2, 0.25) is 10.0 Å². The first-order valence-electron chi connectivity index (χ1n) is 5.12. The summed E-state index contributed by atoms with van der Waals surface area (Å²) in [5, 5.41) is 6.80. The van der Waals surface area contributed by atoms with Crippen LogP contribution in [0.3, 0.4) is 0 Å². The van der Waals surface area contributed by atoms with Gasteiger partial charge in [-0.2, -0.15) is 5.10 Å². The third-order valence-corrected chi connectivity index (χ3v) is 4.56. The fourth-order valence-electron chi connectivity index (χ4n) is 1.55. The topological polar surface area (TPSA) is 17.8 Å². The highest BCUT2D eigenvalue weighted by molar-refractivity contribution is 7.99. The highest BCUT2D eigenvalue weighted by atomic mass is 35.5. The summed E-state index contributed by atoms with van der Waals surface area (Å²) < 4.78 is 1.88. The maximum Gasteiger partial charge on any atom is 0.102 e.